The first-order valence-electron chi connectivity index (χ1n) is 7.43. The normalized spacial score (nSPS) is 21.4. The first kappa shape index (κ1) is 14.7. The van der Waals surface area contributed by atoms with E-state index in [4.69, 9.17) is 4.74 Å². The second-order valence-corrected chi connectivity index (χ2v) is 8.07. The van der Waals surface area contributed by atoms with Gasteiger partial charge in [-0.1, -0.05) is 0 Å². The van der Waals surface area contributed by atoms with Gasteiger partial charge in [-0.15, -0.1) is 0 Å². The van der Waals surface area contributed by atoms with Crippen LogP contribution in [0, 0.1) is 13.8 Å². The van der Waals surface area contributed by atoms with Crippen molar-refractivity contribution in [1.29, 1.82) is 0 Å². The van der Waals surface area contributed by atoms with Gasteiger partial charge in [0, 0.05) is 24.8 Å². The third-order valence-electron chi connectivity index (χ3n) is 3.94. The van der Waals surface area contributed by atoms with Crippen LogP contribution in [-0.4, -0.2) is 47.1 Å². The second kappa shape index (κ2) is 5.53. The lowest BCUT2D eigenvalue weighted by atomic mass is 10.1. The Morgan fingerprint density at radius 3 is 2.38 bits per heavy atom. The Kier molecular flexibility index (Phi) is 3.88. The van der Waals surface area contributed by atoms with Crippen molar-refractivity contribution in [3.05, 3.63) is 17.6 Å². The molecule has 116 valence electrons. The molecule has 0 spiro atoms. The van der Waals surface area contributed by atoms with Crippen LogP contribution in [0.4, 0.5) is 0 Å². The fourth-order valence-electron chi connectivity index (χ4n) is 2.70. The molecule has 0 radical (unpaired) electrons. The average Bonchev–Trinajstić information content (AvgIpc) is 3.22. The highest BCUT2D eigenvalue weighted by atomic mass is 32.2. The van der Waals surface area contributed by atoms with E-state index in [1.165, 1.54) is 0 Å². The topological polar surface area (TPSA) is 72.4 Å². The molecule has 1 aromatic rings. The summed E-state index contributed by atoms with van der Waals surface area (Å²) >= 11 is 0. The van der Waals surface area contributed by atoms with Crippen LogP contribution in [0.15, 0.2) is 6.07 Å². The summed E-state index contributed by atoms with van der Waals surface area (Å²) in [6.07, 6.45) is 3.10. The molecule has 0 bridgehead atoms. The van der Waals surface area contributed by atoms with Crippen molar-refractivity contribution in [1.82, 2.24) is 14.3 Å². The number of hydrogen-bond donors (Lipinski definition) is 0. The van der Waals surface area contributed by atoms with Gasteiger partial charge in [0.05, 0.1) is 5.25 Å². The van der Waals surface area contributed by atoms with Gasteiger partial charge in [0.15, 0.2) is 0 Å². The molecule has 1 aliphatic heterocycles. The first-order chi connectivity index (χ1) is 9.95. The van der Waals surface area contributed by atoms with Crippen LogP contribution in [0.3, 0.4) is 0 Å². The Bertz CT molecular complexity index is 600. The van der Waals surface area contributed by atoms with Gasteiger partial charge in [-0.25, -0.2) is 17.7 Å². The molecule has 0 N–H and O–H groups in total. The van der Waals surface area contributed by atoms with Crippen molar-refractivity contribution in [3.63, 3.8) is 0 Å². The van der Waals surface area contributed by atoms with Gasteiger partial charge in [-0.3, -0.25) is 0 Å². The Hall–Kier alpha value is -1.21. The summed E-state index contributed by atoms with van der Waals surface area (Å²) in [6, 6.07) is 1.82. The van der Waals surface area contributed by atoms with Crippen LogP contribution in [-0.2, 0) is 10.0 Å². The van der Waals surface area contributed by atoms with Crippen LogP contribution in [0.5, 0.6) is 5.88 Å². The maximum atomic E-state index is 12.2. The molecule has 1 saturated carbocycles. The summed E-state index contributed by atoms with van der Waals surface area (Å²) in [5, 5.41) is -0.123. The lowest BCUT2D eigenvalue weighted by molar-refractivity contribution is 0.129. The molecule has 3 rings (SSSR count). The summed E-state index contributed by atoms with van der Waals surface area (Å²) in [5.74, 6) is 1.28. The molecule has 1 saturated heterocycles. The molecule has 7 heteroatoms. The molecule has 1 aromatic heterocycles. The number of hydrogen-bond acceptors (Lipinski definition) is 5. The van der Waals surface area contributed by atoms with Crippen molar-refractivity contribution in [2.75, 3.05) is 13.1 Å². The summed E-state index contributed by atoms with van der Waals surface area (Å²) in [7, 11) is -3.05. The summed E-state index contributed by atoms with van der Waals surface area (Å²) in [6.45, 7) is 4.84. The van der Waals surface area contributed by atoms with Gasteiger partial charge in [0.1, 0.15) is 11.9 Å². The molecular formula is C14H21N3O3S. The van der Waals surface area contributed by atoms with E-state index in [1.807, 2.05) is 19.9 Å². The highest BCUT2D eigenvalue weighted by Crippen LogP contribution is 2.32. The van der Waals surface area contributed by atoms with E-state index >= 15 is 0 Å². The number of nitrogens with zero attached hydrogens (tertiary/aromatic N) is 3. The quantitative estimate of drug-likeness (QED) is 0.841. The minimum absolute atomic E-state index is 0.0318. The lowest BCUT2D eigenvalue weighted by Gasteiger charge is -2.31. The smallest absolute Gasteiger partial charge is 0.217 e. The number of aromatic nitrogens is 2. The standard InChI is InChI=1S/C14H21N3O3S/c1-10-9-14(16-11(2)15-10)20-12-5-7-17(8-6-12)21(18,19)13-3-4-13/h9,12-13H,3-8H2,1-2H3. The number of sulfonamides is 1. The molecule has 0 unspecified atom stereocenters. The average molecular weight is 311 g/mol. The molecule has 0 aromatic carbocycles. The monoisotopic (exact) mass is 311 g/mol. The molecule has 2 fully saturated rings. The van der Waals surface area contributed by atoms with E-state index in [0.29, 0.717) is 37.6 Å². The van der Waals surface area contributed by atoms with E-state index in [2.05, 4.69) is 9.97 Å². The molecule has 0 amide bonds. The molecule has 21 heavy (non-hydrogen) atoms. The van der Waals surface area contributed by atoms with E-state index in [-0.39, 0.29) is 11.4 Å². The number of ether oxygens (including phenoxy) is 1. The predicted octanol–water partition coefficient (Wildman–Crippen LogP) is 1.43. The fourth-order valence-corrected chi connectivity index (χ4v) is 4.57. The van der Waals surface area contributed by atoms with E-state index in [0.717, 1.165) is 18.5 Å². The molecular weight excluding hydrogens is 290 g/mol. The van der Waals surface area contributed by atoms with Crippen molar-refractivity contribution < 1.29 is 13.2 Å². The molecule has 2 aliphatic rings. The van der Waals surface area contributed by atoms with Gasteiger partial charge in [0.2, 0.25) is 15.9 Å². The SMILES string of the molecule is Cc1cc(OC2CCN(S(=O)(=O)C3CC3)CC2)nc(C)n1. The van der Waals surface area contributed by atoms with Crippen LogP contribution in [0.2, 0.25) is 0 Å². The largest absolute Gasteiger partial charge is 0.474 e. The summed E-state index contributed by atoms with van der Waals surface area (Å²) < 4.78 is 31.8. The third-order valence-corrected chi connectivity index (χ3v) is 6.34. The molecule has 6 nitrogen and oxygen atoms in total. The van der Waals surface area contributed by atoms with Crippen LogP contribution in [0.1, 0.15) is 37.2 Å². The van der Waals surface area contributed by atoms with E-state index in [9.17, 15) is 8.42 Å². The highest BCUT2D eigenvalue weighted by Gasteiger charge is 2.41. The Morgan fingerprint density at radius 1 is 1.14 bits per heavy atom. The summed E-state index contributed by atoms with van der Waals surface area (Å²) in [5.41, 5.74) is 0.881. The first-order valence-corrected chi connectivity index (χ1v) is 8.93. The minimum atomic E-state index is -3.05. The zero-order chi connectivity index (χ0) is 15.0. The zero-order valence-electron chi connectivity index (χ0n) is 12.4. The van der Waals surface area contributed by atoms with Gasteiger partial charge in [-0.2, -0.15) is 4.98 Å². The lowest BCUT2D eigenvalue weighted by Crippen LogP contribution is -2.43. The number of aryl methyl sites for hydroxylation is 2. The Labute approximate surface area is 125 Å². The van der Waals surface area contributed by atoms with Crippen LogP contribution < -0.4 is 4.74 Å². The van der Waals surface area contributed by atoms with E-state index in [1.54, 1.807) is 4.31 Å². The maximum Gasteiger partial charge on any atom is 0.217 e. The van der Waals surface area contributed by atoms with Gasteiger partial charge >= 0.3 is 0 Å². The maximum absolute atomic E-state index is 12.2. The zero-order valence-corrected chi connectivity index (χ0v) is 13.3. The molecule has 2 heterocycles. The molecule has 0 atom stereocenters. The number of piperidine rings is 1. The van der Waals surface area contributed by atoms with Crippen molar-refractivity contribution >= 4 is 10.0 Å². The van der Waals surface area contributed by atoms with Gasteiger partial charge in [-0.05, 0) is 39.5 Å². The predicted molar refractivity (Wildman–Crippen MR) is 78.7 cm³/mol. The number of rotatable bonds is 4. The van der Waals surface area contributed by atoms with Crippen molar-refractivity contribution in [3.8, 4) is 5.88 Å². The molecule has 1 aliphatic carbocycles. The third kappa shape index (κ3) is 3.35. The van der Waals surface area contributed by atoms with Crippen LogP contribution in [0.25, 0.3) is 0 Å². The van der Waals surface area contributed by atoms with Gasteiger partial charge in [0.25, 0.3) is 0 Å². The van der Waals surface area contributed by atoms with Crippen molar-refractivity contribution in [2.45, 2.75) is 50.9 Å². The fraction of sp³-hybridized carbons (Fsp3) is 0.714. The Balaban J connectivity index is 1.58. The van der Waals surface area contributed by atoms with Crippen LogP contribution >= 0.6 is 0 Å². The second-order valence-electron chi connectivity index (χ2n) is 5.86. The minimum Gasteiger partial charge on any atom is -0.474 e. The summed E-state index contributed by atoms with van der Waals surface area (Å²) in [4.78, 5) is 8.49. The highest BCUT2D eigenvalue weighted by molar-refractivity contribution is 7.90. The van der Waals surface area contributed by atoms with Crippen molar-refractivity contribution in [2.24, 2.45) is 0 Å². The van der Waals surface area contributed by atoms with E-state index < -0.39 is 10.0 Å². The van der Waals surface area contributed by atoms with Gasteiger partial charge < -0.3 is 4.74 Å². The Morgan fingerprint density at radius 2 is 1.81 bits per heavy atom.